The van der Waals surface area contributed by atoms with Gasteiger partial charge in [0.25, 0.3) is 0 Å². The molecule has 88 valence electrons. The Morgan fingerprint density at radius 2 is 2.50 bits per heavy atom. The summed E-state index contributed by atoms with van der Waals surface area (Å²) in [5, 5.41) is 5.38. The van der Waals surface area contributed by atoms with Crippen LogP contribution in [0.3, 0.4) is 0 Å². The summed E-state index contributed by atoms with van der Waals surface area (Å²) in [4.78, 5) is 13.1. The summed E-state index contributed by atoms with van der Waals surface area (Å²) >= 11 is 1.66. The first-order valence-corrected chi connectivity index (χ1v) is 6.93. The second-order valence-electron chi connectivity index (χ2n) is 4.62. The van der Waals surface area contributed by atoms with Gasteiger partial charge in [0.2, 0.25) is 0 Å². The molecule has 3 heteroatoms. The number of rotatable bonds is 4. The summed E-state index contributed by atoms with van der Waals surface area (Å²) in [5.74, 6) is 1.02. The third kappa shape index (κ3) is 3.16. The maximum Gasteiger partial charge on any atom is 0.163 e. The van der Waals surface area contributed by atoms with Gasteiger partial charge in [-0.05, 0) is 51.3 Å². The molecule has 1 saturated heterocycles. The van der Waals surface area contributed by atoms with Gasteiger partial charge in [-0.1, -0.05) is 0 Å². The first kappa shape index (κ1) is 11.8. The quantitative estimate of drug-likeness (QED) is 0.816. The Morgan fingerprint density at radius 3 is 3.12 bits per heavy atom. The molecule has 1 fully saturated rings. The zero-order chi connectivity index (χ0) is 11.4. The van der Waals surface area contributed by atoms with E-state index in [9.17, 15) is 4.79 Å². The number of hydrogen-bond acceptors (Lipinski definition) is 3. The van der Waals surface area contributed by atoms with E-state index in [2.05, 4.69) is 5.32 Å². The van der Waals surface area contributed by atoms with Gasteiger partial charge < -0.3 is 5.32 Å². The van der Waals surface area contributed by atoms with Crippen molar-refractivity contribution in [2.45, 2.75) is 32.6 Å². The van der Waals surface area contributed by atoms with E-state index in [1.165, 1.54) is 17.7 Å². The monoisotopic (exact) mass is 237 g/mol. The summed E-state index contributed by atoms with van der Waals surface area (Å²) in [6.07, 6.45) is 4.29. The molecule has 1 aromatic heterocycles. The molecule has 1 aliphatic rings. The molecule has 2 heterocycles. The van der Waals surface area contributed by atoms with Crippen LogP contribution >= 0.6 is 11.3 Å². The lowest BCUT2D eigenvalue weighted by atomic mass is 9.93. The van der Waals surface area contributed by atoms with E-state index in [4.69, 9.17) is 0 Å². The lowest BCUT2D eigenvalue weighted by Crippen LogP contribution is -2.29. The fourth-order valence-corrected chi connectivity index (χ4v) is 2.95. The zero-order valence-electron chi connectivity index (χ0n) is 9.79. The Balaban J connectivity index is 1.79. The van der Waals surface area contributed by atoms with E-state index in [1.54, 1.807) is 11.3 Å². The summed E-state index contributed by atoms with van der Waals surface area (Å²) in [5.41, 5.74) is 0.909. The summed E-state index contributed by atoms with van der Waals surface area (Å²) in [6.45, 7) is 4.29. The normalized spacial score (nSPS) is 20.9. The molecule has 0 radical (unpaired) electrons. The number of carbonyl (C=O) groups excluding carboxylic acids is 1. The van der Waals surface area contributed by atoms with Gasteiger partial charge in [0, 0.05) is 22.2 Å². The minimum atomic E-state index is 0.315. The van der Waals surface area contributed by atoms with E-state index in [0.29, 0.717) is 18.1 Å². The number of carbonyl (C=O) groups is 1. The molecule has 0 spiro atoms. The average Bonchev–Trinajstić information content (AvgIpc) is 2.74. The highest BCUT2D eigenvalue weighted by Gasteiger charge is 2.15. The van der Waals surface area contributed by atoms with Crippen LogP contribution in [0.25, 0.3) is 0 Å². The molecule has 2 nitrogen and oxygen atoms in total. The first-order valence-electron chi connectivity index (χ1n) is 6.05. The number of Topliss-reactive ketones (excluding diaryl/α,β-unsaturated/α-hetero) is 1. The average molecular weight is 237 g/mol. The number of thiophene rings is 1. The summed E-state index contributed by atoms with van der Waals surface area (Å²) < 4.78 is 0. The lowest BCUT2D eigenvalue weighted by Gasteiger charge is -2.22. The Kier molecular flexibility index (Phi) is 4.13. The second kappa shape index (κ2) is 5.60. The van der Waals surface area contributed by atoms with Gasteiger partial charge in [-0.15, -0.1) is 11.3 Å². The van der Waals surface area contributed by atoms with E-state index >= 15 is 0 Å². The van der Waals surface area contributed by atoms with Crippen molar-refractivity contribution in [2.24, 2.45) is 5.92 Å². The van der Waals surface area contributed by atoms with Crippen molar-refractivity contribution in [1.29, 1.82) is 0 Å². The molecule has 1 atom stereocenters. The van der Waals surface area contributed by atoms with Gasteiger partial charge in [-0.25, -0.2) is 0 Å². The van der Waals surface area contributed by atoms with Crippen molar-refractivity contribution in [1.82, 2.24) is 5.32 Å². The highest BCUT2D eigenvalue weighted by Crippen LogP contribution is 2.20. The molecule has 1 aliphatic heterocycles. The van der Waals surface area contributed by atoms with Crippen molar-refractivity contribution in [2.75, 3.05) is 13.1 Å². The van der Waals surface area contributed by atoms with Gasteiger partial charge in [0.1, 0.15) is 0 Å². The first-order chi connectivity index (χ1) is 7.75. The summed E-state index contributed by atoms with van der Waals surface area (Å²) in [6, 6.07) is 2.01. The van der Waals surface area contributed by atoms with E-state index in [-0.39, 0.29) is 0 Å². The van der Waals surface area contributed by atoms with Gasteiger partial charge >= 0.3 is 0 Å². The third-order valence-electron chi connectivity index (χ3n) is 3.23. The van der Waals surface area contributed by atoms with Gasteiger partial charge in [0.05, 0.1) is 0 Å². The number of hydrogen-bond donors (Lipinski definition) is 1. The molecule has 0 amide bonds. The Morgan fingerprint density at radius 1 is 1.62 bits per heavy atom. The topological polar surface area (TPSA) is 29.1 Å². The SMILES string of the molecule is Cc1cc(C(=O)CCC2CCCNC2)cs1. The second-order valence-corrected chi connectivity index (χ2v) is 5.74. The molecule has 0 bridgehead atoms. The standard InChI is InChI=1S/C13H19NOS/c1-10-7-12(9-16-10)13(15)5-4-11-3-2-6-14-8-11/h7,9,11,14H,2-6,8H2,1H3. The molecular formula is C13H19NOS. The highest BCUT2D eigenvalue weighted by molar-refractivity contribution is 7.10. The largest absolute Gasteiger partial charge is 0.316 e. The number of ketones is 1. The number of nitrogens with one attached hydrogen (secondary N) is 1. The third-order valence-corrected chi connectivity index (χ3v) is 4.09. The Labute approximate surface area is 101 Å². The zero-order valence-corrected chi connectivity index (χ0v) is 10.6. The fraction of sp³-hybridized carbons (Fsp3) is 0.615. The van der Waals surface area contributed by atoms with Crippen molar-refractivity contribution in [3.63, 3.8) is 0 Å². The van der Waals surface area contributed by atoms with Crippen LogP contribution in [0.4, 0.5) is 0 Å². The van der Waals surface area contributed by atoms with Crippen LogP contribution in [0.5, 0.6) is 0 Å². The highest BCUT2D eigenvalue weighted by atomic mass is 32.1. The van der Waals surface area contributed by atoms with Crippen LogP contribution in [-0.4, -0.2) is 18.9 Å². The van der Waals surface area contributed by atoms with Crippen molar-refractivity contribution < 1.29 is 4.79 Å². The van der Waals surface area contributed by atoms with E-state index in [0.717, 1.165) is 25.1 Å². The molecule has 1 N–H and O–H groups in total. The number of aryl methyl sites for hydroxylation is 1. The van der Waals surface area contributed by atoms with Gasteiger partial charge in [0.15, 0.2) is 5.78 Å². The fourth-order valence-electron chi connectivity index (χ4n) is 2.24. The molecular weight excluding hydrogens is 218 g/mol. The van der Waals surface area contributed by atoms with Crippen LogP contribution in [0, 0.1) is 12.8 Å². The maximum absolute atomic E-state index is 11.9. The number of piperidine rings is 1. The van der Waals surface area contributed by atoms with Crippen LogP contribution in [0.2, 0.25) is 0 Å². The predicted molar refractivity (Wildman–Crippen MR) is 68.2 cm³/mol. The molecule has 1 unspecified atom stereocenters. The molecule has 0 aliphatic carbocycles. The van der Waals surface area contributed by atoms with Gasteiger partial charge in [-0.3, -0.25) is 4.79 Å². The minimum absolute atomic E-state index is 0.315. The van der Waals surface area contributed by atoms with Crippen LogP contribution < -0.4 is 5.32 Å². The molecule has 0 aromatic carbocycles. The van der Waals surface area contributed by atoms with E-state index in [1.807, 2.05) is 18.4 Å². The molecule has 2 rings (SSSR count). The van der Waals surface area contributed by atoms with Crippen molar-refractivity contribution in [3.8, 4) is 0 Å². The Hall–Kier alpha value is -0.670. The summed E-state index contributed by atoms with van der Waals surface area (Å²) in [7, 11) is 0. The van der Waals surface area contributed by atoms with Crippen molar-refractivity contribution >= 4 is 17.1 Å². The smallest absolute Gasteiger partial charge is 0.163 e. The predicted octanol–water partition coefficient (Wildman–Crippen LogP) is 3.02. The Bertz CT molecular complexity index is 353. The van der Waals surface area contributed by atoms with E-state index < -0.39 is 0 Å². The minimum Gasteiger partial charge on any atom is -0.316 e. The van der Waals surface area contributed by atoms with Crippen LogP contribution in [0.15, 0.2) is 11.4 Å². The van der Waals surface area contributed by atoms with Crippen molar-refractivity contribution in [3.05, 3.63) is 21.9 Å². The molecule has 1 aromatic rings. The lowest BCUT2D eigenvalue weighted by molar-refractivity contribution is 0.0972. The molecule has 16 heavy (non-hydrogen) atoms. The van der Waals surface area contributed by atoms with Gasteiger partial charge in [-0.2, -0.15) is 0 Å². The van der Waals surface area contributed by atoms with Crippen LogP contribution in [-0.2, 0) is 0 Å². The molecule has 0 saturated carbocycles. The van der Waals surface area contributed by atoms with Crippen LogP contribution in [0.1, 0.15) is 40.9 Å². The maximum atomic E-state index is 11.9.